The van der Waals surface area contributed by atoms with Crippen LogP contribution >= 0.6 is 11.6 Å². The minimum atomic E-state index is -3.51. The Hall–Kier alpha value is -2.95. The van der Waals surface area contributed by atoms with Crippen molar-refractivity contribution < 1.29 is 22.3 Å². The van der Waals surface area contributed by atoms with Crippen LogP contribution in [0.25, 0.3) is 11.4 Å². The number of aryl methyl sites for hydroxylation is 1. The van der Waals surface area contributed by atoms with Crippen LogP contribution < -0.4 is 10.2 Å². The Bertz CT molecular complexity index is 1440. The number of piperidine rings is 1. The molecule has 11 heteroatoms. The summed E-state index contributed by atoms with van der Waals surface area (Å²) >= 11 is 6.03. The summed E-state index contributed by atoms with van der Waals surface area (Å²) in [6.45, 7) is 3.30. The number of sulfone groups is 1. The van der Waals surface area contributed by atoms with Crippen LogP contribution in [0.4, 0.5) is 15.8 Å². The molecule has 2 saturated heterocycles. The molecule has 0 unspecified atom stereocenters. The molecule has 2 aliphatic heterocycles. The van der Waals surface area contributed by atoms with Gasteiger partial charge in [0.2, 0.25) is 0 Å². The average molecular weight is 533 g/mol. The van der Waals surface area contributed by atoms with E-state index in [0.29, 0.717) is 11.1 Å². The summed E-state index contributed by atoms with van der Waals surface area (Å²) in [5.41, 5.74) is 2.12. The van der Waals surface area contributed by atoms with Gasteiger partial charge in [-0.2, -0.15) is 0 Å². The second-order valence-electron chi connectivity index (χ2n) is 9.63. The topological polar surface area (TPSA) is 93.5 Å². The lowest BCUT2D eigenvalue weighted by molar-refractivity contribution is -0.124. The van der Waals surface area contributed by atoms with Crippen molar-refractivity contribution in [1.82, 2.24) is 9.55 Å². The predicted molar refractivity (Wildman–Crippen MR) is 136 cm³/mol. The molecule has 0 saturated carbocycles. The number of rotatable bonds is 5. The number of halogens is 2. The number of carbonyl (C=O) groups excluding carboxylic acids is 1. The fraction of sp³-hybridized carbons (Fsp3) is 0.360. The lowest BCUT2D eigenvalue weighted by atomic mass is 9.77. The summed E-state index contributed by atoms with van der Waals surface area (Å²) in [5.74, 6) is -0.960. The fourth-order valence-corrected chi connectivity index (χ4v) is 5.67. The molecule has 5 rings (SSSR count). The van der Waals surface area contributed by atoms with E-state index in [0.717, 1.165) is 51.1 Å². The normalized spacial score (nSPS) is 17.2. The van der Waals surface area contributed by atoms with E-state index in [1.807, 2.05) is 0 Å². The largest absolute Gasteiger partial charge is 0.380 e. The van der Waals surface area contributed by atoms with Gasteiger partial charge in [0.05, 0.1) is 41.3 Å². The lowest BCUT2D eigenvalue weighted by Gasteiger charge is -2.47. The Morgan fingerprint density at radius 1 is 1.17 bits per heavy atom. The van der Waals surface area contributed by atoms with E-state index in [2.05, 4.69) is 15.2 Å². The number of anilines is 2. The SMILES string of the molecule is Cn1cc(C(=O)Nc2cc(Cl)cc(S(C)(=O)=O)c2)cc1-c1ncc(N2CCC3(CC2)COC3)cc1F. The predicted octanol–water partition coefficient (Wildman–Crippen LogP) is 4.15. The van der Waals surface area contributed by atoms with Crippen molar-refractivity contribution in [2.24, 2.45) is 12.5 Å². The minimum absolute atomic E-state index is 0.00435. The summed E-state index contributed by atoms with van der Waals surface area (Å²) in [6.07, 6.45) is 6.33. The summed E-state index contributed by atoms with van der Waals surface area (Å²) in [4.78, 5) is 19.4. The highest BCUT2D eigenvalue weighted by molar-refractivity contribution is 7.90. The number of benzene rings is 1. The van der Waals surface area contributed by atoms with E-state index < -0.39 is 21.6 Å². The van der Waals surface area contributed by atoms with Gasteiger partial charge in [-0.1, -0.05) is 11.6 Å². The number of carbonyl (C=O) groups is 1. The van der Waals surface area contributed by atoms with E-state index in [1.165, 1.54) is 24.3 Å². The van der Waals surface area contributed by atoms with E-state index in [4.69, 9.17) is 16.3 Å². The van der Waals surface area contributed by atoms with Crippen LogP contribution in [-0.2, 0) is 21.6 Å². The van der Waals surface area contributed by atoms with Crippen molar-refractivity contribution in [1.29, 1.82) is 0 Å². The van der Waals surface area contributed by atoms with Gasteiger partial charge in [0.25, 0.3) is 5.91 Å². The van der Waals surface area contributed by atoms with Gasteiger partial charge in [-0.3, -0.25) is 4.79 Å². The highest BCUT2D eigenvalue weighted by Gasteiger charge is 2.41. The molecule has 190 valence electrons. The van der Waals surface area contributed by atoms with Gasteiger partial charge >= 0.3 is 0 Å². The first-order valence-electron chi connectivity index (χ1n) is 11.5. The third kappa shape index (κ3) is 4.85. The van der Waals surface area contributed by atoms with Crippen molar-refractivity contribution >= 4 is 38.7 Å². The Kier molecular flexibility index (Phi) is 6.30. The zero-order chi connectivity index (χ0) is 25.7. The maximum absolute atomic E-state index is 15.2. The monoisotopic (exact) mass is 532 g/mol. The second-order valence-corrected chi connectivity index (χ2v) is 12.1. The van der Waals surface area contributed by atoms with Gasteiger partial charge in [0, 0.05) is 54.8 Å². The molecule has 2 aliphatic rings. The van der Waals surface area contributed by atoms with Crippen LogP contribution in [0.2, 0.25) is 5.02 Å². The van der Waals surface area contributed by atoms with Crippen molar-refractivity contribution in [2.45, 2.75) is 17.7 Å². The molecule has 2 aromatic heterocycles. The Balaban J connectivity index is 1.33. The highest BCUT2D eigenvalue weighted by Crippen LogP contribution is 2.39. The third-order valence-electron chi connectivity index (χ3n) is 6.90. The van der Waals surface area contributed by atoms with Crippen LogP contribution in [0.3, 0.4) is 0 Å². The number of nitrogens with one attached hydrogen (secondary N) is 1. The number of hydrogen-bond donors (Lipinski definition) is 1. The number of amides is 1. The molecular formula is C25H26ClFN4O4S. The van der Waals surface area contributed by atoms with Gasteiger partial charge in [-0.05, 0) is 37.1 Å². The number of ether oxygens (including phenoxy) is 1. The standard InChI is InChI=1S/C25H26ClFN4O4S/c1-30-13-16(24(32)29-18-8-17(26)9-20(10-18)36(2,33)34)7-22(30)23-21(27)11-19(12-28-23)31-5-3-25(4-6-31)14-35-15-25/h7-13H,3-6,14-15H2,1-2H3,(H,29,32). The number of nitrogens with zero attached hydrogens (tertiary/aromatic N) is 3. The van der Waals surface area contributed by atoms with Crippen molar-refractivity contribution in [3.05, 3.63) is 59.1 Å². The van der Waals surface area contributed by atoms with Crippen LogP contribution in [0.1, 0.15) is 23.2 Å². The van der Waals surface area contributed by atoms with Crippen LogP contribution in [0, 0.1) is 11.2 Å². The van der Waals surface area contributed by atoms with E-state index in [-0.39, 0.29) is 26.9 Å². The highest BCUT2D eigenvalue weighted by atomic mass is 35.5. The zero-order valence-electron chi connectivity index (χ0n) is 19.9. The molecular weight excluding hydrogens is 507 g/mol. The van der Waals surface area contributed by atoms with Crippen molar-refractivity contribution in [3.63, 3.8) is 0 Å². The number of hydrogen-bond acceptors (Lipinski definition) is 6. The quantitative estimate of drug-likeness (QED) is 0.530. The van der Waals surface area contributed by atoms with Gasteiger partial charge in [-0.15, -0.1) is 0 Å². The molecule has 3 aromatic rings. The van der Waals surface area contributed by atoms with Crippen molar-refractivity contribution in [3.8, 4) is 11.4 Å². The van der Waals surface area contributed by atoms with Gasteiger partial charge < -0.3 is 19.5 Å². The summed E-state index contributed by atoms with van der Waals surface area (Å²) in [7, 11) is -1.81. The summed E-state index contributed by atoms with van der Waals surface area (Å²) in [5, 5.41) is 2.83. The maximum atomic E-state index is 15.2. The van der Waals surface area contributed by atoms with Gasteiger partial charge in [-0.25, -0.2) is 17.8 Å². The van der Waals surface area contributed by atoms with E-state index in [1.54, 1.807) is 30.1 Å². The minimum Gasteiger partial charge on any atom is -0.380 e. The van der Waals surface area contributed by atoms with E-state index in [9.17, 15) is 13.2 Å². The Morgan fingerprint density at radius 3 is 2.50 bits per heavy atom. The Morgan fingerprint density at radius 2 is 1.89 bits per heavy atom. The fourth-order valence-electron chi connectivity index (χ4n) is 4.68. The third-order valence-corrected chi connectivity index (χ3v) is 8.21. The Labute approximate surface area is 214 Å². The molecule has 0 bridgehead atoms. The molecule has 4 heterocycles. The second kappa shape index (κ2) is 9.17. The summed E-state index contributed by atoms with van der Waals surface area (Å²) < 4.78 is 45.9. The molecule has 1 aromatic carbocycles. The molecule has 1 amide bonds. The lowest BCUT2D eigenvalue weighted by Crippen LogP contribution is -2.51. The first-order chi connectivity index (χ1) is 17.0. The molecule has 2 fully saturated rings. The van der Waals surface area contributed by atoms with Gasteiger partial charge in [0.1, 0.15) is 5.69 Å². The zero-order valence-corrected chi connectivity index (χ0v) is 21.5. The van der Waals surface area contributed by atoms with Crippen LogP contribution in [0.5, 0.6) is 0 Å². The summed E-state index contributed by atoms with van der Waals surface area (Å²) in [6, 6.07) is 7.14. The van der Waals surface area contributed by atoms with Crippen LogP contribution in [0.15, 0.2) is 47.6 Å². The smallest absolute Gasteiger partial charge is 0.257 e. The average Bonchev–Trinajstić information content (AvgIpc) is 3.18. The molecule has 1 N–H and O–H groups in total. The molecule has 0 atom stereocenters. The molecule has 0 radical (unpaired) electrons. The molecule has 8 nitrogen and oxygen atoms in total. The van der Waals surface area contributed by atoms with Crippen molar-refractivity contribution in [2.75, 3.05) is 42.8 Å². The van der Waals surface area contributed by atoms with Gasteiger partial charge in [0.15, 0.2) is 15.7 Å². The molecule has 1 spiro atoms. The van der Waals surface area contributed by atoms with Crippen LogP contribution in [-0.4, -0.2) is 56.4 Å². The number of pyridine rings is 1. The van der Waals surface area contributed by atoms with E-state index >= 15 is 4.39 Å². The first kappa shape index (κ1) is 24.7. The number of aromatic nitrogens is 2. The first-order valence-corrected chi connectivity index (χ1v) is 13.8. The molecule has 0 aliphatic carbocycles. The maximum Gasteiger partial charge on any atom is 0.257 e. The molecule has 36 heavy (non-hydrogen) atoms.